The number of rotatable bonds is 5. The SMILES string of the molecule is CNS(=O)(=O)c1ccc(CN2C[C@@H](N)[C@H](c3cn(C)cn3)C2)cc1. The molecule has 1 fully saturated rings. The highest BCUT2D eigenvalue weighted by Crippen LogP contribution is 2.26. The Morgan fingerprint density at radius 3 is 2.58 bits per heavy atom. The number of nitrogens with two attached hydrogens (primary N) is 1. The van der Waals surface area contributed by atoms with Crippen molar-refractivity contribution in [3.05, 3.63) is 48.0 Å². The molecule has 130 valence electrons. The van der Waals surface area contributed by atoms with Crippen molar-refractivity contribution in [1.82, 2.24) is 19.2 Å². The van der Waals surface area contributed by atoms with Gasteiger partial charge in [0.15, 0.2) is 0 Å². The summed E-state index contributed by atoms with van der Waals surface area (Å²) in [5, 5.41) is 0. The molecule has 3 N–H and O–H groups in total. The van der Waals surface area contributed by atoms with Gasteiger partial charge in [0.25, 0.3) is 0 Å². The van der Waals surface area contributed by atoms with E-state index in [2.05, 4.69) is 14.6 Å². The normalized spacial score (nSPS) is 22.1. The molecule has 3 rings (SSSR count). The van der Waals surface area contributed by atoms with Gasteiger partial charge >= 0.3 is 0 Å². The molecule has 7 nitrogen and oxygen atoms in total. The predicted molar refractivity (Wildman–Crippen MR) is 91.9 cm³/mol. The number of hydrogen-bond donors (Lipinski definition) is 2. The van der Waals surface area contributed by atoms with Crippen LogP contribution in [0, 0.1) is 0 Å². The minimum absolute atomic E-state index is 0.0591. The second-order valence-corrected chi connectivity index (χ2v) is 8.17. The van der Waals surface area contributed by atoms with Crippen LogP contribution in [0.2, 0.25) is 0 Å². The van der Waals surface area contributed by atoms with Crippen molar-refractivity contribution in [2.75, 3.05) is 20.1 Å². The average Bonchev–Trinajstić information content (AvgIpc) is 3.13. The zero-order valence-electron chi connectivity index (χ0n) is 13.9. The molecule has 0 unspecified atom stereocenters. The van der Waals surface area contributed by atoms with Crippen LogP contribution in [0.25, 0.3) is 0 Å². The lowest BCUT2D eigenvalue weighted by atomic mass is 10.0. The van der Waals surface area contributed by atoms with Crippen LogP contribution in [0.3, 0.4) is 0 Å². The van der Waals surface area contributed by atoms with E-state index in [0.29, 0.717) is 0 Å². The molecule has 1 aromatic carbocycles. The summed E-state index contributed by atoms with van der Waals surface area (Å²) >= 11 is 0. The van der Waals surface area contributed by atoms with Crippen molar-refractivity contribution in [2.45, 2.75) is 23.4 Å². The van der Waals surface area contributed by atoms with Gasteiger partial charge in [-0.25, -0.2) is 18.1 Å². The van der Waals surface area contributed by atoms with Gasteiger partial charge in [0.05, 0.1) is 16.9 Å². The Kier molecular flexibility index (Phi) is 4.73. The summed E-state index contributed by atoms with van der Waals surface area (Å²) in [6.45, 7) is 2.41. The van der Waals surface area contributed by atoms with Gasteiger partial charge in [0.2, 0.25) is 10.0 Å². The van der Waals surface area contributed by atoms with Crippen molar-refractivity contribution in [3.63, 3.8) is 0 Å². The fraction of sp³-hybridized carbons (Fsp3) is 0.438. The number of nitrogens with zero attached hydrogens (tertiary/aromatic N) is 3. The largest absolute Gasteiger partial charge is 0.340 e. The van der Waals surface area contributed by atoms with Crippen LogP contribution in [0.4, 0.5) is 0 Å². The summed E-state index contributed by atoms with van der Waals surface area (Å²) < 4.78 is 27.8. The number of imidazole rings is 1. The Bertz CT molecular complexity index is 800. The van der Waals surface area contributed by atoms with Gasteiger partial charge in [0, 0.05) is 44.8 Å². The summed E-state index contributed by atoms with van der Waals surface area (Å²) in [6, 6.07) is 7.03. The molecule has 24 heavy (non-hydrogen) atoms. The third-order valence-electron chi connectivity index (χ3n) is 4.45. The number of hydrogen-bond acceptors (Lipinski definition) is 5. The lowest BCUT2D eigenvalue weighted by Gasteiger charge is -2.15. The Morgan fingerprint density at radius 1 is 1.29 bits per heavy atom. The van der Waals surface area contributed by atoms with E-state index in [0.717, 1.165) is 30.9 Å². The number of sulfonamides is 1. The fourth-order valence-corrected chi connectivity index (χ4v) is 3.86. The van der Waals surface area contributed by atoms with Gasteiger partial charge in [0.1, 0.15) is 0 Å². The van der Waals surface area contributed by atoms with Gasteiger partial charge in [-0.3, -0.25) is 4.90 Å². The van der Waals surface area contributed by atoms with E-state index in [1.165, 1.54) is 7.05 Å². The van der Waals surface area contributed by atoms with Crippen LogP contribution in [0.5, 0.6) is 0 Å². The van der Waals surface area contributed by atoms with Gasteiger partial charge in [-0.05, 0) is 24.7 Å². The first kappa shape index (κ1) is 17.1. The second kappa shape index (κ2) is 6.64. The molecular weight excluding hydrogens is 326 g/mol. The number of aromatic nitrogens is 2. The average molecular weight is 349 g/mol. The minimum atomic E-state index is -3.39. The molecule has 8 heteroatoms. The molecular formula is C16H23N5O2S. The van der Waals surface area contributed by atoms with Crippen molar-refractivity contribution >= 4 is 10.0 Å². The van der Waals surface area contributed by atoms with Crippen LogP contribution >= 0.6 is 0 Å². The van der Waals surface area contributed by atoms with Crippen molar-refractivity contribution in [2.24, 2.45) is 12.8 Å². The van der Waals surface area contributed by atoms with Crippen molar-refractivity contribution < 1.29 is 8.42 Å². The molecule has 1 aliphatic heterocycles. The van der Waals surface area contributed by atoms with Crippen LogP contribution < -0.4 is 10.5 Å². The van der Waals surface area contributed by atoms with Crippen LogP contribution in [-0.4, -0.2) is 49.0 Å². The lowest BCUT2D eigenvalue weighted by Crippen LogP contribution is -2.28. The fourth-order valence-electron chi connectivity index (χ4n) is 3.13. The zero-order valence-corrected chi connectivity index (χ0v) is 14.7. The minimum Gasteiger partial charge on any atom is -0.340 e. The number of aryl methyl sites for hydroxylation is 1. The maximum absolute atomic E-state index is 11.8. The molecule has 0 bridgehead atoms. The van der Waals surface area contributed by atoms with E-state index in [4.69, 9.17) is 5.73 Å². The van der Waals surface area contributed by atoms with Crippen LogP contribution in [0.1, 0.15) is 17.2 Å². The zero-order chi connectivity index (χ0) is 17.3. The molecule has 0 spiro atoms. The molecule has 0 radical (unpaired) electrons. The third-order valence-corrected chi connectivity index (χ3v) is 5.88. The molecule has 1 aliphatic rings. The summed E-state index contributed by atoms with van der Waals surface area (Å²) in [6.07, 6.45) is 3.82. The van der Waals surface area contributed by atoms with Gasteiger partial charge in [-0.1, -0.05) is 12.1 Å². The van der Waals surface area contributed by atoms with Gasteiger partial charge in [-0.2, -0.15) is 0 Å². The predicted octanol–water partition coefficient (Wildman–Crippen LogP) is 0.255. The van der Waals surface area contributed by atoms with Gasteiger partial charge < -0.3 is 10.3 Å². The van der Waals surface area contributed by atoms with Gasteiger partial charge in [-0.15, -0.1) is 0 Å². The van der Waals surface area contributed by atoms with E-state index in [9.17, 15) is 8.42 Å². The number of likely N-dealkylation sites (tertiary alicyclic amines) is 1. The highest BCUT2D eigenvalue weighted by atomic mass is 32.2. The molecule has 1 saturated heterocycles. The summed E-state index contributed by atoms with van der Waals surface area (Å²) in [4.78, 5) is 6.98. The van der Waals surface area contributed by atoms with Crippen LogP contribution in [-0.2, 0) is 23.6 Å². The maximum Gasteiger partial charge on any atom is 0.240 e. The van der Waals surface area contributed by atoms with Crippen LogP contribution in [0.15, 0.2) is 41.7 Å². The van der Waals surface area contributed by atoms with Crippen molar-refractivity contribution in [1.29, 1.82) is 0 Å². The topological polar surface area (TPSA) is 93.3 Å². The Morgan fingerprint density at radius 2 is 2.00 bits per heavy atom. The monoisotopic (exact) mass is 349 g/mol. The third kappa shape index (κ3) is 3.51. The summed E-state index contributed by atoms with van der Waals surface area (Å²) in [7, 11) is -0.0244. The molecule has 2 heterocycles. The van der Waals surface area contributed by atoms with E-state index >= 15 is 0 Å². The standard InChI is InChI=1S/C16H23N5O2S/c1-18-24(22,23)13-5-3-12(4-6-13)7-21-8-14(15(17)9-21)16-10-20(2)11-19-16/h3-6,10-11,14-15,18H,7-9,17H2,1-2H3/t14-,15-/m1/s1. The number of nitrogens with one attached hydrogen (secondary N) is 1. The summed E-state index contributed by atoms with van der Waals surface area (Å²) in [5.41, 5.74) is 8.38. The highest BCUT2D eigenvalue weighted by molar-refractivity contribution is 7.89. The molecule has 2 atom stereocenters. The molecule has 0 saturated carbocycles. The highest BCUT2D eigenvalue weighted by Gasteiger charge is 2.32. The lowest BCUT2D eigenvalue weighted by molar-refractivity contribution is 0.323. The second-order valence-electron chi connectivity index (χ2n) is 6.28. The number of benzene rings is 1. The molecule has 0 amide bonds. The molecule has 1 aromatic heterocycles. The Labute approximate surface area is 142 Å². The summed E-state index contributed by atoms with van der Waals surface area (Å²) in [5.74, 6) is 0.232. The Balaban J connectivity index is 1.67. The first-order valence-corrected chi connectivity index (χ1v) is 9.35. The maximum atomic E-state index is 11.8. The Hall–Kier alpha value is -1.74. The van der Waals surface area contributed by atoms with E-state index in [1.54, 1.807) is 18.5 Å². The van der Waals surface area contributed by atoms with E-state index in [-0.39, 0.29) is 16.9 Å². The quantitative estimate of drug-likeness (QED) is 0.807. The van der Waals surface area contributed by atoms with Crippen molar-refractivity contribution in [3.8, 4) is 0 Å². The van der Waals surface area contributed by atoms with E-state index in [1.807, 2.05) is 29.9 Å². The molecule has 2 aromatic rings. The first-order valence-electron chi connectivity index (χ1n) is 7.87. The molecule has 0 aliphatic carbocycles. The van der Waals surface area contributed by atoms with E-state index < -0.39 is 10.0 Å². The smallest absolute Gasteiger partial charge is 0.240 e. The first-order chi connectivity index (χ1) is 11.4.